The minimum Gasteiger partial charge on any atom is -0.403 e. The fourth-order valence-corrected chi connectivity index (χ4v) is 6.49. The standard InChI is InChI=1S/C22H36.C16H14.C4H10.C3H7N.2C2H6/c1-5-6-14-22(3,4)17-20-12-13-21(18(2)15-20)16-19-10-8-7-9-11-19;1-2-12-6-5-8-14-11-13-7-3-4-9-15(13)16(14)10-12;1-3-4-2;1-3(2)4;2*1-2/h12-13,15,19H,5-11,14,16-17H2,1-4H3;3-4,6-10H,2,11H2,1H3;3-4H2,1-2H3;1,4H2,2H3;2*1-2H3. The van der Waals surface area contributed by atoms with Crippen molar-refractivity contribution in [2.24, 2.45) is 17.1 Å². The van der Waals surface area contributed by atoms with Gasteiger partial charge in [0.15, 0.2) is 0 Å². The Morgan fingerprint density at radius 2 is 1.50 bits per heavy atom. The molecule has 0 saturated heterocycles. The predicted molar refractivity (Wildman–Crippen MR) is 229 cm³/mol. The summed E-state index contributed by atoms with van der Waals surface area (Å²) in [5, 5.41) is 0. The number of fused-ring (bicyclic) bond motifs is 2. The molecule has 0 atom stereocenters. The molecule has 0 amide bonds. The lowest BCUT2D eigenvalue weighted by molar-refractivity contribution is 0.321. The van der Waals surface area contributed by atoms with Gasteiger partial charge >= 0.3 is 0 Å². The molecule has 0 unspecified atom stereocenters. The predicted octanol–water partition coefficient (Wildman–Crippen LogP) is 15.3. The van der Waals surface area contributed by atoms with Crippen LogP contribution in [0.15, 0.2) is 89.8 Å². The monoisotopic (exact) mass is 682 g/mol. The van der Waals surface area contributed by atoms with E-state index in [2.05, 4.69) is 121 Å². The molecule has 0 spiro atoms. The van der Waals surface area contributed by atoms with Crippen molar-refractivity contribution in [2.75, 3.05) is 0 Å². The second-order valence-electron chi connectivity index (χ2n) is 14.6. The van der Waals surface area contributed by atoms with Crippen LogP contribution in [0.25, 0.3) is 5.57 Å². The van der Waals surface area contributed by atoms with Gasteiger partial charge in [-0.25, -0.2) is 0 Å². The maximum atomic E-state index is 4.92. The van der Waals surface area contributed by atoms with E-state index in [1.54, 1.807) is 12.5 Å². The highest BCUT2D eigenvalue weighted by atomic mass is 14.5. The van der Waals surface area contributed by atoms with Gasteiger partial charge < -0.3 is 5.73 Å². The van der Waals surface area contributed by atoms with Gasteiger partial charge in [-0.05, 0) is 120 Å². The van der Waals surface area contributed by atoms with Crippen LogP contribution in [-0.2, 0) is 19.3 Å². The first kappa shape index (κ1) is 47.0. The number of allylic oxidation sites excluding steroid dienone is 6. The first-order valence-corrected chi connectivity index (χ1v) is 20.5. The van der Waals surface area contributed by atoms with Crippen molar-refractivity contribution in [3.05, 3.63) is 118 Å². The zero-order valence-corrected chi connectivity index (χ0v) is 35.0. The van der Waals surface area contributed by atoms with E-state index in [1.807, 2.05) is 27.7 Å². The molecule has 2 aromatic carbocycles. The van der Waals surface area contributed by atoms with Gasteiger partial charge in [0.1, 0.15) is 0 Å². The number of aryl methyl sites for hydroxylation is 1. The number of unbranched alkanes of at least 4 members (excludes halogenated alkanes) is 2. The van der Waals surface area contributed by atoms with E-state index in [4.69, 9.17) is 5.73 Å². The van der Waals surface area contributed by atoms with Gasteiger partial charge in [0.25, 0.3) is 0 Å². The van der Waals surface area contributed by atoms with E-state index in [-0.39, 0.29) is 0 Å². The van der Waals surface area contributed by atoms with Crippen molar-refractivity contribution >= 4 is 5.57 Å². The molecule has 1 heteroatoms. The minimum absolute atomic E-state index is 0.438. The average molecular weight is 682 g/mol. The third-order valence-electron chi connectivity index (χ3n) is 9.33. The van der Waals surface area contributed by atoms with E-state index in [0.29, 0.717) is 11.1 Å². The van der Waals surface area contributed by atoms with Crippen molar-refractivity contribution < 1.29 is 0 Å². The van der Waals surface area contributed by atoms with Crippen molar-refractivity contribution in [1.29, 1.82) is 0 Å². The lowest BCUT2D eigenvalue weighted by Crippen LogP contribution is -2.15. The first-order valence-electron chi connectivity index (χ1n) is 20.5. The van der Waals surface area contributed by atoms with Crippen LogP contribution in [-0.4, -0.2) is 0 Å². The van der Waals surface area contributed by atoms with Crippen molar-refractivity contribution in [1.82, 2.24) is 0 Å². The molecule has 280 valence electrons. The molecular weight excluding hydrogens is 603 g/mol. The summed E-state index contributed by atoms with van der Waals surface area (Å²) < 4.78 is 0. The molecule has 0 bridgehead atoms. The largest absolute Gasteiger partial charge is 0.403 e. The van der Waals surface area contributed by atoms with Gasteiger partial charge in [-0.15, -0.1) is 5.73 Å². The van der Waals surface area contributed by atoms with E-state index in [9.17, 15) is 0 Å². The molecule has 50 heavy (non-hydrogen) atoms. The number of hydrogen-bond donors (Lipinski definition) is 1. The maximum absolute atomic E-state index is 4.92. The molecule has 2 aromatic rings. The molecule has 1 fully saturated rings. The summed E-state index contributed by atoms with van der Waals surface area (Å²) in [5.41, 5.74) is 21.0. The zero-order valence-electron chi connectivity index (χ0n) is 35.0. The smallest absolute Gasteiger partial charge is 0.000731 e. The summed E-state index contributed by atoms with van der Waals surface area (Å²) >= 11 is 0. The van der Waals surface area contributed by atoms with E-state index in [0.717, 1.165) is 18.8 Å². The molecule has 1 nitrogen and oxygen atoms in total. The summed E-state index contributed by atoms with van der Waals surface area (Å²) in [7, 11) is 0. The van der Waals surface area contributed by atoms with Gasteiger partial charge in [-0.1, -0.05) is 182 Å². The van der Waals surface area contributed by atoms with Crippen molar-refractivity contribution in [2.45, 2.75) is 173 Å². The first-order chi connectivity index (χ1) is 24.0. The Bertz CT molecular complexity index is 1330. The highest BCUT2D eigenvalue weighted by Crippen LogP contribution is 2.36. The fraction of sp³-hybridized carbons (Fsp3) is 0.571. The van der Waals surface area contributed by atoms with Crippen molar-refractivity contribution in [3.63, 3.8) is 0 Å². The summed E-state index contributed by atoms with van der Waals surface area (Å²) in [4.78, 5) is 0. The molecule has 0 heterocycles. The minimum atomic E-state index is 0.438. The van der Waals surface area contributed by atoms with Crippen LogP contribution >= 0.6 is 0 Å². The van der Waals surface area contributed by atoms with E-state index >= 15 is 0 Å². The molecule has 5 rings (SSSR count). The molecule has 1 saturated carbocycles. The molecule has 3 aliphatic carbocycles. The summed E-state index contributed by atoms with van der Waals surface area (Å²) in [6, 6.07) is 16.0. The average Bonchev–Trinajstić information content (AvgIpc) is 3.33. The Morgan fingerprint density at radius 3 is 2.06 bits per heavy atom. The second kappa shape index (κ2) is 27.7. The highest BCUT2D eigenvalue weighted by Gasteiger charge is 2.20. The topological polar surface area (TPSA) is 26.0 Å². The third-order valence-corrected chi connectivity index (χ3v) is 9.33. The molecule has 0 aliphatic heterocycles. The van der Waals surface area contributed by atoms with Gasteiger partial charge in [0, 0.05) is 0 Å². The lowest BCUT2D eigenvalue weighted by Gasteiger charge is -2.26. The van der Waals surface area contributed by atoms with Crippen LogP contribution < -0.4 is 5.73 Å². The Morgan fingerprint density at radius 1 is 0.880 bits per heavy atom. The van der Waals surface area contributed by atoms with Gasteiger partial charge in [0.2, 0.25) is 0 Å². The number of rotatable bonds is 9. The molecule has 2 N–H and O–H groups in total. The second-order valence-corrected chi connectivity index (χ2v) is 14.6. The highest BCUT2D eigenvalue weighted by molar-refractivity contribution is 5.85. The lowest BCUT2D eigenvalue weighted by atomic mass is 9.80. The summed E-state index contributed by atoms with van der Waals surface area (Å²) in [6.07, 6.45) is 25.1. The van der Waals surface area contributed by atoms with Crippen LogP contribution in [0, 0.1) is 18.3 Å². The van der Waals surface area contributed by atoms with Crippen molar-refractivity contribution in [3.8, 4) is 0 Å². The van der Waals surface area contributed by atoms with Gasteiger partial charge in [0.05, 0.1) is 0 Å². The molecular formula is C49H79N. The van der Waals surface area contributed by atoms with Crippen LogP contribution in [0.5, 0.6) is 0 Å². The van der Waals surface area contributed by atoms with E-state index < -0.39 is 0 Å². The third kappa shape index (κ3) is 18.8. The summed E-state index contributed by atoms with van der Waals surface area (Å²) in [5.74, 6) is 0.944. The maximum Gasteiger partial charge on any atom is -0.000731 e. The van der Waals surface area contributed by atoms with Crippen LogP contribution in [0.4, 0.5) is 0 Å². The number of nitrogens with two attached hydrogens (primary N) is 1. The Labute approximate surface area is 312 Å². The molecule has 0 aromatic heterocycles. The van der Waals surface area contributed by atoms with Crippen LogP contribution in [0.2, 0.25) is 0 Å². The fourth-order valence-electron chi connectivity index (χ4n) is 6.49. The van der Waals surface area contributed by atoms with Crippen LogP contribution in [0.3, 0.4) is 0 Å². The van der Waals surface area contributed by atoms with Crippen LogP contribution in [0.1, 0.15) is 175 Å². The number of benzene rings is 2. The SMILES string of the molecule is C=C(C)N.CC.CC.CCC1=CC2=C(C=C=C1)Cc1ccccc12.CCCC.CCCCC(C)(C)Cc1ccc(CC2CCCCC2)c(C)c1. The molecule has 0 radical (unpaired) electrons. The quantitative estimate of drug-likeness (QED) is 0.262. The Kier molecular flexibility index (Phi) is 26.0. The zero-order chi connectivity index (χ0) is 38.0. The Balaban J connectivity index is 0.000000746. The normalized spacial score (nSPS) is 14.2. The molecule has 3 aliphatic rings. The van der Waals surface area contributed by atoms with E-state index in [1.165, 1.54) is 116 Å². The Hall–Kier alpha value is -3.02. The number of hydrogen-bond acceptors (Lipinski definition) is 1. The summed E-state index contributed by atoms with van der Waals surface area (Å²) in [6.45, 7) is 29.1. The van der Waals surface area contributed by atoms with Gasteiger partial charge in [-0.2, -0.15) is 0 Å². The van der Waals surface area contributed by atoms with Gasteiger partial charge in [-0.3, -0.25) is 0 Å².